The summed E-state index contributed by atoms with van der Waals surface area (Å²) in [5.74, 6) is -1.34. The van der Waals surface area contributed by atoms with Crippen molar-refractivity contribution in [1.29, 1.82) is 0 Å². The van der Waals surface area contributed by atoms with Gasteiger partial charge in [0.2, 0.25) is 0 Å². The fourth-order valence-electron chi connectivity index (χ4n) is 2.42. The second-order valence-corrected chi connectivity index (χ2v) is 6.20. The summed E-state index contributed by atoms with van der Waals surface area (Å²) in [6, 6.07) is 8.11. The molecule has 1 aliphatic heterocycles. The van der Waals surface area contributed by atoms with E-state index in [2.05, 4.69) is 15.4 Å². The lowest BCUT2D eigenvalue weighted by molar-refractivity contribution is -0.138. The molecule has 3 rings (SSSR count). The smallest absolute Gasteiger partial charge is 0.328 e. The fraction of sp³-hybridized carbons (Fsp3) is 0.250. The van der Waals surface area contributed by atoms with Crippen LogP contribution in [-0.2, 0) is 16.0 Å². The standard InChI is InChI=1S/C16H16N4O3S/c21-15(18-7-6-14-17-8-9-24-14)12-10-13(16(22)23)20(19-12)11-4-2-1-3-5-11/h1-5,8-9,13H,6-7,10H2,(H,18,21)(H,22,23). The van der Waals surface area contributed by atoms with Crippen molar-refractivity contribution in [2.24, 2.45) is 5.10 Å². The third kappa shape index (κ3) is 3.60. The van der Waals surface area contributed by atoms with Crippen LogP contribution in [0, 0.1) is 0 Å². The number of carboxylic acids is 1. The number of nitrogens with zero attached hydrogens (tertiary/aromatic N) is 3. The zero-order valence-electron chi connectivity index (χ0n) is 12.8. The summed E-state index contributed by atoms with van der Waals surface area (Å²) in [5, 5.41) is 20.6. The van der Waals surface area contributed by atoms with Crippen LogP contribution in [0.25, 0.3) is 0 Å². The number of rotatable bonds is 6. The highest BCUT2D eigenvalue weighted by molar-refractivity contribution is 7.09. The summed E-state index contributed by atoms with van der Waals surface area (Å²) in [4.78, 5) is 27.9. The van der Waals surface area contributed by atoms with Gasteiger partial charge in [-0.1, -0.05) is 18.2 Å². The number of aromatic nitrogens is 1. The van der Waals surface area contributed by atoms with Crippen molar-refractivity contribution >= 4 is 34.6 Å². The topological polar surface area (TPSA) is 94.9 Å². The van der Waals surface area contributed by atoms with Gasteiger partial charge in [0, 0.05) is 31.0 Å². The second kappa shape index (κ2) is 7.22. The Morgan fingerprint density at radius 3 is 2.79 bits per heavy atom. The predicted molar refractivity (Wildman–Crippen MR) is 91.2 cm³/mol. The number of aliphatic carboxylic acids is 1. The summed E-state index contributed by atoms with van der Waals surface area (Å²) in [7, 11) is 0. The molecule has 0 saturated heterocycles. The number of thiazole rings is 1. The minimum atomic E-state index is -1.01. The molecule has 1 aliphatic rings. The number of anilines is 1. The maximum atomic E-state index is 12.2. The lowest BCUT2D eigenvalue weighted by atomic mass is 10.1. The third-order valence-electron chi connectivity index (χ3n) is 3.59. The molecule has 1 atom stereocenters. The average Bonchev–Trinajstić information content (AvgIpc) is 3.25. The van der Waals surface area contributed by atoms with Crippen LogP contribution in [-0.4, -0.2) is 40.3 Å². The summed E-state index contributed by atoms with van der Waals surface area (Å²) in [5.41, 5.74) is 0.876. The van der Waals surface area contributed by atoms with Gasteiger partial charge in [-0.05, 0) is 12.1 Å². The highest BCUT2D eigenvalue weighted by Crippen LogP contribution is 2.24. The van der Waals surface area contributed by atoms with E-state index in [0.717, 1.165) is 5.01 Å². The van der Waals surface area contributed by atoms with Gasteiger partial charge in [-0.25, -0.2) is 9.78 Å². The zero-order chi connectivity index (χ0) is 16.9. The number of carboxylic acid groups (broad SMARTS) is 1. The largest absolute Gasteiger partial charge is 0.480 e. The molecule has 2 aromatic rings. The molecule has 2 heterocycles. The first-order chi connectivity index (χ1) is 11.6. The van der Waals surface area contributed by atoms with Crippen molar-refractivity contribution in [2.45, 2.75) is 18.9 Å². The lowest BCUT2D eigenvalue weighted by Crippen LogP contribution is -2.35. The molecular formula is C16H16N4O3S. The Hall–Kier alpha value is -2.74. The minimum Gasteiger partial charge on any atom is -0.480 e. The van der Waals surface area contributed by atoms with Crippen LogP contribution in [0.15, 0.2) is 47.0 Å². The third-order valence-corrected chi connectivity index (χ3v) is 4.43. The Morgan fingerprint density at radius 2 is 2.12 bits per heavy atom. The van der Waals surface area contributed by atoms with Crippen LogP contribution >= 0.6 is 11.3 Å². The summed E-state index contributed by atoms with van der Waals surface area (Å²) in [6.45, 7) is 0.439. The summed E-state index contributed by atoms with van der Waals surface area (Å²) < 4.78 is 0. The highest BCUT2D eigenvalue weighted by atomic mass is 32.1. The van der Waals surface area contributed by atoms with E-state index in [1.165, 1.54) is 16.3 Å². The molecule has 1 aromatic heterocycles. The van der Waals surface area contributed by atoms with Gasteiger partial charge in [0.05, 0.1) is 10.7 Å². The number of benzene rings is 1. The van der Waals surface area contributed by atoms with E-state index in [-0.39, 0.29) is 18.0 Å². The SMILES string of the molecule is O=C(NCCc1nccs1)C1=NN(c2ccccc2)C(C(=O)O)C1. The maximum absolute atomic E-state index is 12.2. The number of hydrazone groups is 1. The number of hydrogen-bond acceptors (Lipinski definition) is 6. The molecule has 1 amide bonds. The molecule has 0 aliphatic carbocycles. The number of nitrogens with one attached hydrogen (secondary N) is 1. The van der Waals surface area contributed by atoms with Crippen LogP contribution in [0.5, 0.6) is 0 Å². The molecule has 0 spiro atoms. The number of carbonyl (C=O) groups is 2. The van der Waals surface area contributed by atoms with Gasteiger partial charge < -0.3 is 10.4 Å². The lowest BCUT2D eigenvalue weighted by Gasteiger charge is -2.19. The second-order valence-electron chi connectivity index (χ2n) is 5.22. The van der Waals surface area contributed by atoms with Gasteiger partial charge in [0.15, 0.2) is 6.04 Å². The monoisotopic (exact) mass is 344 g/mol. The Kier molecular flexibility index (Phi) is 4.85. The van der Waals surface area contributed by atoms with Gasteiger partial charge in [-0.15, -0.1) is 11.3 Å². The van der Waals surface area contributed by atoms with Crippen molar-refractivity contribution in [1.82, 2.24) is 10.3 Å². The number of amides is 1. The van der Waals surface area contributed by atoms with E-state index in [4.69, 9.17) is 0 Å². The first-order valence-corrected chi connectivity index (χ1v) is 8.34. The fourth-order valence-corrected chi connectivity index (χ4v) is 3.04. The van der Waals surface area contributed by atoms with Gasteiger partial charge in [0.25, 0.3) is 5.91 Å². The van der Waals surface area contributed by atoms with Crippen molar-refractivity contribution in [3.05, 3.63) is 46.9 Å². The first-order valence-electron chi connectivity index (χ1n) is 7.46. The molecule has 7 nitrogen and oxygen atoms in total. The van der Waals surface area contributed by atoms with E-state index >= 15 is 0 Å². The van der Waals surface area contributed by atoms with Crippen molar-refractivity contribution < 1.29 is 14.7 Å². The van der Waals surface area contributed by atoms with Crippen LogP contribution in [0.4, 0.5) is 5.69 Å². The molecule has 124 valence electrons. The van der Waals surface area contributed by atoms with Gasteiger partial charge >= 0.3 is 5.97 Å². The van der Waals surface area contributed by atoms with Gasteiger partial charge in [0.1, 0.15) is 5.71 Å². The predicted octanol–water partition coefficient (Wildman–Crippen LogP) is 1.52. The Morgan fingerprint density at radius 1 is 1.33 bits per heavy atom. The molecule has 0 fully saturated rings. The van der Waals surface area contributed by atoms with Crippen LogP contribution in [0.1, 0.15) is 11.4 Å². The maximum Gasteiger partial charge on any atom is 0.328 e. The molecule has 0 radical (unpaired) electrons. The molecule has 1 unspecified atom stereocenters. The Balaban J connectivity index is 1.66. The number of hydrogen-bond donors (Lipinski definition) is 2. The molecule has 1 aromatic carbocycles. The van der Waals surface area contributed by atoms with Crippen molar-refractivity contribution in [3.63, 3.8) is 0 Å². The molecule has 0 bridgehead atoms. The van der Waals surface area contributed by atoms with Crippen molar-refractivity contribution in [3.8, 4) is 0 Å². The molecule has 8 heteroatoms. The summed E-state index contributed by atoms with van der Waals surface area (Å²) >= 11 is 1.53. The summed E-state index contributed by atoms with van der Waals surface area (Å²) in [6.07, 6.45) is 2.44. The normalized spacial score (nSPS) is 16.8. The molecule has 24 heavy (non-hydrogen) atoms. The van der Waals surface area contributed by atoms with E-state index in [0.29, 0.717) is 18.7 Å². The minimum absolute atomic E-state index is 0.0767. The van der Waals surface area contributed by atoms with Gasteiger partial charge in [-0.2, -0.15) is 5.10 Å². The van der Waals surface area contributed by atoms with Gasteiger partial charge in [-0.3, -0.25) is 9.80 Å². The van der Waals surface area contributed by atoms with Crippen LogP contribution < -0.4 is 10.3 Å². The van der Waals surface area contributed by atoms with Crippen LogP contribution in [0.3, 0.4) is 0 Å². The quantitative estimate of drug-likeness (QED) is 0.828. The van der Waals surface area contributed by atoms with Crippen LogP contribution in [0.2, 0.25) is 0 Å². The molecular weight excluding hydrogens is 328 g/mol. The zero-order valence-corrected chi connectivity index (χ0v) is 13.6. The van der Waals surface area contributed by atoms with E-state index in [1.807, 2.05) is 11.4 Å². The highest BCUT2D eigenvalue weighted by Gasteiger charge is 2.35. The Labute approximate surface area is 142 Å². The Bertz CT molecular complexity index is 746. The first kappa shape index (κ1) is 16.1. The average molecular weight is 344 g/mol. The number of carbonyl (C=O) groups excluding carboxylic acids is 1. The molecule has 0 saturated carbocycles. The van der Waals surface area contributed by atoms with Crippen molar-refractivity contribution in [2.75, 3.05) is 11.6 Å². The van der Waals surface area contributed by atoms with E-state index < -0.39 is 12.0 Å². The van der Waals surface area contributed by atoms with E-state index in [9.17, 15) is 14.7 Å². The number of para-hydroxylation sites is 1. The van der Waals surface area contributed by atoms with E-state index in [1.54, 1.807) is 30.5 Å². The molecule has 2 N–H and O–H groups in total.